The smallest absolute Gasteiger partial charge is 0.269 e. The summed E-state index contributed by atoms with van der Waals surface area (Å²) in [6.45, 7) is 4.91. The third kappa shape index (κ3) is 4.91. The lowest BCUT2D eigenvalue weighted by Crippen LogP contribution is -2.24. The molecule has 126 valence electrons. The number of nitrogens with zero attached hydrogens (tertiary/aromatic N) is 1. The van der Waals surface area contributed by atoms with E-state index in [9.17, 15) is 14.9 Å². The van der Waals surface area contributed by atoms with Crippen molar-refractivity contribution in [2.24, 2.45) is 0 Å². The third-order valence-corrected chi connectivity index (χ3v) is 3.91. The van der Waals surface area contributed by atoms with Gasteiger partial charge in [0.2, 0.25) is 0 Å². The summed E-state index contributed by atoms with van der Waals surface area (Å²) in [6.07, 6.45) is 1.75. The van der Waals surface area contributed by atoms with Crippen LogP contribution in [0, 0.1) is 10.1 Å². The van der Waals surface area contributed by atoms with Crippen LogP contribution in [0.4, 0.5) is 5.69 Å². The molecule has 0 spiro atoms. The Labute approximate surface area is 141 Å². The fraction of sp³-hybridized carbons (Fsp3) is 0.316. The minimum atomic E-state index is -0.480. The van der Waals surface area contributed by atoms with Gasteiger partial charge in [-0.1, -0.05) is 38.1 Å². The van der Waals surface area contributed by atoms with Gasteiger partial charge < -0.3 is 5.32 Å². The van der Waals surface area contributed by atoms with Gasteiger partial charge in [0.1, 0.15) is 0 Å². The van der Waals surface area contributed by atoms with Gasteiger partial charge in [0, 0.05) is 24.2 Å². The highest BCUT2D eigenvalue weighted by atomic mass is 16.6. The number of hydrogen-bond acceptors (Lipinski definition) is 3. The van der Waals surface area contributed by atoms with E-state index in [0.29, 0.717) is 18.0 Å². The molecule has 1 N–H and O–H groups in total. The van der Waals surface area contributed by atoms with Crippen molar-refractivity contribution in [3.05, 3.63) is 75.3 Å². The Kier molecular flexibility index (Phi) is 6.07. The molecule has 0 atom stereocenters. The number of carbonyl (C=O) groups is 1. The molecule has 5 nitrogen and oxygen atoms in total. The maximum atomic E-state index is 12.0. The minimum Gasteiger partial charge on any atom is -0.352 e. The second-order valence-corrected chi connectivity index (χ2v) is 6.06. The van der Waals surface area contributed by atoms with Crippen molar-refractivity contribution in [1.29, 1.82) is 0 Å². The number of nitrogens with one attached hydrogen (secondary N) is 1. The lowest BCUT2D eigenvalue weighted by Gasteiger charge is -2.08. The Morgan fingerprint density at radius 1 is 1.08 bits per heavy atom. The Hall–Kier alpha value is -2.69. The molecule has 2 rings (SSSR count). The van der Waals surface area contributed by atoms with E-state index in [2.05, 4.69) is 43.4 Å². The number of non-ortho nitro benzene ring substituents is 1. The number of rotatable bonds is 7. The molecule has 0 aliphatic heterocycles. The molecule has 0 saturated carbocycles. The largest absolute Gasteiger partial charge is 0.352 e. The van der Waals surface area contributed by atoms with E-state index in [1.807, 2.05) is 0 Å². The second kappa shape index (κ2) is 8.24. The van der Waals surface area contributed by atoms with Crippen molar-refractivity contribution in [2.75, 3.05) is 6.54 Å². The molecule has 0 unspecified atom stereocenters. The summed E-state index contributed by atoms with van der Waals surface area (Å²) in [5, 5.41) is 13.4. The molecule has 1 amide bonds. The topological polar surface area (TPSA) is 72.2 Å². The molecule has 0 heterocycles. The number of amides is 1. The predicted octanol–water partition coefficient (Wildman–Crippen LogP) is 4.08. The molecule has 0 radical (unpaired) electrons. The highest BCUT2D eigenvalue weighted by Gasteiger charge is 2.08. The number of carbonyl (C=O) groups excluding carboxylic acids is 1. The molecule has 24 heavy (non-hydrogen) atoms. The van der Waals surface area contributed by atoms with Crippen molar-refractivity contribution in [3.8, 4) is 0 Å². The second-order valence-electron chi connectivity index (χ2n) is 6.06. The van der Waals surface area contributed by atoms with Gasteiger partial charge in [-0.2, -0.15) is 0 Å². The summed E-state index contributed by atoms with van der Waals surface area (Å²) in [5.41, 5.74) is 2.99. The summed E-state index contributed by atoms with van der Waals surface area (Å²) in [6, 6.07) is 14.2. The summed E-state index contributed by atoms with van der Waals surface area (Å²) < 4.78 is 0. The van der Waals surface area contributed by atoms with Gasteiger partial charge in [-0.25, -0.2) is 0 Å². The maximum absolute atomic E-state index is 12.0. The molecular formula is C19H22N2O3. The van der Waals surface area contributed by atoms with Crippen LogP contribution in [0.15, 0.2) is 48.5 Å². The zero-order valence-corrected chi connectivity index (χ0v) is 14.0. The molecular weight excluding hydrogens is 304 g/mol. The van der Waals surface area contributed by atoms with Crippen molar-refractivity contribution in [3.63, 3.8) is 0 Å². The first-order valence-corrected chi connectivity index (χ1v) is 8.09. The first-order chi connectivity index (χ1) is 11.5. The molecule has 0 aliphatic rings. The van der Waals surface area contributed by atoms with E-state index in [1.165, 1.54) is 35.4 Å². The Bertz CT molecular complexity index is 692. The third-order valence-electron chi connectivity index (χ3n) is 3.91. The van der Waals surface area contributed by atoms with Crippen LogP contribution in [0.2, 0.25) is 0 Å². The normalized spacial score (nSPS) is 10.6. The molecule has 5 heteroatoms. The van der Waals surface area contributed by atoms with Crippen molar-refractivity contribution < 1.29 is 9.72 Å². The van der Waals surface area contributed by atoms with Gasteiger partial charge in [-0.3, -0.25) is 14.9 Å². The van der Waals surface area contributed by atoms with E-state index in [4.69, 9.17) is 0 Å². The fourth-order valence-electron chi connectivity index (χ4n) is 2.40. The molecule has 0 aromatic heterocycles. The van der Waals surface area contributed by atoms with Crippen LogP contribution in [0.25, 0.3) is 0 Å². The van der Waals surface area contributed by atoms with Crippen LogP contribution in [0.5, 0.6) is 0 Å². The zero-order valence-electron chi connectivity index (χ0n) is 14.0. The molecule has 0 saturated heterocycles. The van der Waals surface area contributed by atoms with Crippen molar-refractivity contribution >= 4 is 11.6 Å². The Morgan fingerprint density at radius 2 is 1.71 bits per heavy atom. The number of aryl methyl sites for hydroxylation is 1. The quantitative estimate of drug-likeness (QED) is 0.473. The molecule has 0 aliphatic carbocycles. The lowest BCUT2D eigenvalue weighted by molar-refractivity contribution is -0.384. The molecule has 0 bridgehead atoms. The van der Waals surface area contributed by atoms with Crippen molar-refractivity contribution in [2.45, 2.75) is 32.6 Å². The number of hydrogen-bond donors (Lipinski definition) is 1. The van der Waals surface area contributed by atoms with E-state index in [0.717, 1.165) is 12.8 Å². The van der Waals surface area contributed by atoms with Crippen LogP contribution < -0.4 is 5.32 Å². The molecule has 2 aromatic rings. The van der Waals surface area contributed by atoms with Crippen LogP contribution >= 0.6 is 0 Å². The van der Waals surface area contributed by atoms with Crippen molar-refractivity contribution in [1.82, 2.24) is 5.32 Å². The monoisotopic (exact) mass is 326 g/mol. The van der Waals surface area contributed by atoms with E-state index >= 15 is 0 Å². The highest BCUT2D eigenvalue weighted by molar-refractivity contribution is 5.94. The van der Waals surface area contributed by atoms with Gasteiger partial charge in [0.15, 0.2) is 0 Å². The van der Waals surface area contributed by atoms with Crippen LogP contribution in [-0.2, 0) is 6.42 Å². The zero-order chi connectivity index (χ0) is 17.5. The summed E-state index contributed by atoms with van der Waals surface area (Å²) in [5.74, 6) is 0.320. The Morgan fingerprint density at radius 3 is 2.25 bits per heavy atom. The van der Waals surface area contributed by atoms with E-state index in [-0.39, 0.29) is 11.6 Å². The van der Waals surface area contributed by atoms with Gasteiger partial charge >= 0.3 is 0 Å². The van der Waals surface area contributed by atoms with E-state index in [1.54, 1.807) is 0 Å². The highest BCUT2D eigenvalue weighted by Crippen LogP contribution is 2.15. The first kappa shape index (κ1) is 17.7. The number of nitro benzene ring substituents is 1. The van der Waals surface area contributed by atoms with Gasteiger partial charge in [0.05, 0.1) is 4.92 Å². The Balaban J connectivity index is 1.77. The van der Waals surface area contributed by atoms with Crippen LogP contribution in [0.3, 0.4) is 0 Å². The summed E-state index contributed by atoms with van der Waals surface area (Å²) >= 11 is 0. The first-order valence-electron chi connectivity index (χ1n) is 8.09. The average Bonchev–Trinajstić information content (AvgIpc) is 2.59. The summed E-state index contributed by atoms with van der Waals surface area (Å²) in [7, 11) is 0. The maximum Gasteiger partial charge on any atom is 0.269 e. The van der Waals surface area contributed by atoms with E-state index < -0.39 is 4.92 Å². The van der Waals surface area contributed by atoms with Gasteiger partial charge in [-0.15, -0.1) is 0 Å². The van der Waals surface area contributed by atoms with Crippen LogP contribution in [0.1, 0.15) is 47.7 Å². The predicted molar refractivity (Wildman–Crippen MR) is 94.3 cm³/mol. The standard InChI is InChI=1S/C19H22N2O3/c1-14(2)16-7-5-15(6-8-16)4-3-13-20-19(22)17-9-11-18(12-10-17)21(23)24/h5-12,14H,3-4,13H2,1-2H3,(H,20,22). The number of benzene rings is 2. The molecule has 2 aromatic carbocycles. The summed E-state index contributed by atoms with van der Waals surface area (Å²) in [4.78, 5) is 22.1. The molecule has 0 fully saturated rings. The van der Waals surface area contributed by atoms with Crippen LogP contribution in [-0.4, -0.2) is 17.4 Å². The number of nitro groups is 1. The van der Waals surface area contributed by atoms with Gasteiger partial charge in [-0.05, 0) is 42.0 Å². The van der Waals surface area contributed by atoms with Gasteiger partial charge in [0.25, 0.3) is 11.6 Å². The SMILES string of the molecule is CC(C)c1ccc(CCCNC(=O)c2ccc([N+](=O)[O-])cc2)cc1. The fourth-order valence-corrected chi connectivity index (χ4v) is 2.40. The minimum absolute atomic E-state index is 0.0172. The average molecular weight is 326 g/mol. The lowest BCUT2D eigenvalue weighted by atomic mass is 10.0.